The standard InChI is InChI=1S/C17H16Cl2N2O3/c18-13-4-3-11(8-14(13)19)15-10-21(6-7-24-15)17(23)16(22)12-2-1-5-20-9-12/h1-5,8-9,15-16,22H,6-7,10H2. The van der Waals surface area contributed by atoms with Crippen molar-refractivity contribution in [2.45, 2.75) is 12.2 Å². The number of amides is 1. The average molecular weight is 367 g/mol. The normalized spacial score (nSPS) is 19.1. The zero-order chi connectivity index (χ0) is 17.1. The second-order valence-corrected chi connectivity index (χ2v) is 6.32. The van der Waals surface area contributed by atoms with E-state index in [1.54, 1.807) is 35.4 Å². The molecule has 126 valence electrons. The summed E-state index contributed by atoms with van der Waals surface area (Å²) in [6.07, 6.45) is 1.54. The van der Waals surface area contributed by atoms with Gasteiger partial charge in [0.05, 0.1) is 23.2 Å². The van der Waals surface area contributed by atoms with E-state index in [1.165, 1.54) is 6.20 Å². The van der Waals surface area contributed by atoms with Crippen LogP contribution in [-0.2, 0) is 9.53 Å². The monoisotopic (exact) mass is 366 g/mol. The number of aromatic nitrogens is 1. The summed E-state index contributed by atoms with van der Waals surface area (Å²) in [6.45, 7) is 1.15. The Kier molecular flexibility index (Phi) is 5.36. The highest BCUT2D eigenvalue weighted by atomic mass is 35.5. The molecule has 1 aromatic heterocycles. The van der Waals surface area contributed by atoms with Crippen LogP contribution in [0, 0.1) is 0 Å². The van der Waals surface area contributed by atoms with Gasteiger partial charge in [-0.25, -0.2) is 0 Å². The minimum atomic E-state index is -1.23. The number of carbonyl (C=O) groups is 1. The number of rotatable bonds is 3. The summed E-state index contributed by atoms with van der Waals surface area (Å²) in [5.74, 6) is -0.364. The molecular formula is C17H16Cl2N2O3. The van der Waals surface area contributed by atoms with E-state index in [9.17, 15) is 9.90 Å². The van der Waals surface area contributed by atoms with Crippen LogP contribution in [0.15, 0.2) is 42.7 Å². The molecule has 3 rings (SSSR count). The molecule has 24 heavy (non-hydrogen) atoms. The third kappa shape index (κ3) is 3.70. The molecule has 0 radical (unpaired) electrons. The number of ether oxygens (including phenoxy) is 1. The molecule has 7 heteroatoms. The lowest BCUT2D eigenvalue weighted by atomic mass is 10.1. The summed E-state index contributed by atoms with van der Waals surface area (Å²) in [5, 5.41) is 11.2. The van der Waals surface area contributed by atoms with E-state index in [2.05, 4.69) is 4.98 Å². The van der Waals surface area contributed by atoms with Crippen LogP contribution >= 0.6 is 23.2 Å². The van der Waals surface area contributed by atoms with Gasteiger partial charge in [0.1, 0.15) is 6.10 Å². The van der Waals surface area contributed by atoms with E-state index in [0.29, 0.717) is 35.3 Å². The van der Waals surface area contributed by atoms with Crippen molar-refractivity contribution in [2.75, 3.05) is 19.7 Å². The van der Waals surface area contributed by atoms with Gasteiger partial charge in [0.2, 0.25) is 0 Å². The molecule has 0 bridgehead atoms. The molecule has 1 N–H and O–H groups in total. The molecule has 0 spiro atoms. The lowest BCUT2D eigenvalue weighted by Gasteiger charge is -2.34. The van der Waals surface area contributed by atoms with Crippen LogP contribution < -0.4 is 0 Å². The van der Waals surface area contributed by atoms with Crippen LogP contribution in [-0.4, -0.2) is 40.6 Å². The van der Waals surface area contributed by atoms with Gasteiger partial charge in [-0.05, 0) is 23.8 Å². The largest absolute Gasteiger partial charge is 0.378 e. The van der Waals surface area contributed by atoms with Crippen LogP contribution in [0.5, 0.6) is 0 Å². The number of hydrogen-bond acceptors (Lipinski definition) is 4. The Hall–Kier alpha value is -1.66. The number of aliphatic hydroxyl groups is 1. The summed E-state index contributed by atoms with van der Waals surface area (Å²) >= 11 is 12.0. The number of benzene rings is 1. The number of nitrogens with zero attached hydrogens (tertiary/aromatic N) is 2. The summed E-state index contributed by atoms with van der Waals surface area (Å²) in [7, 11) is 0. The molecule has 1 aromatic carbocycles. The van der Waals surface area contributed by atoms with Gasteiger partial charge in [-0.3, -0.25) is 9.78 Å². The molecular weight excluding hydrogens is 351 g/mol. The quantitative estimate of drug-likeness (QED) is 0.906. The van der Waals surface area contributed by atoms with Crippen LogP contribution in [0.2, 0.25) is 10.0 Å². The van der Waals surface area contributed by atoms with E-state index in [0.717, 1.165) is 5.56 Å². The van der Waals surface area contributed by atoms with E-state index in [-0.39, 0.29) is 12.0 Å². The highest BCUT2D eigenvalue weighted by molar-refractivity contribution is 6.42. The zero-order valence-electron chi connectivity index (χ0n) is 12.7. The second kappa shape index (κ2) is 7.49. The first kappa shape index (κ1) is 17.2. The van der Waals surface area contributed by atoms with Crippen LogP contribution in [0.4, 0.5) is 0 Å². The number of hydrogen-bond donors (Lipinski definition) is 1. The zero-order valence-corrected chi connectivity index (χ0v) is 14.2. The Morgan fingerprint density at radius 3 is 2.88 bits per heavy atom. The Morgan fingerprint density at radius 1 is 1.33 bits per heavy atom. The lowest BCUT2D eigenvalue weighted by molar-refractivity contribution is -0.148. The number of halogens is 2. The minimum Gasteiger partial charge on any atom is -0.378 e. The lowest BCUT2D eigenvalue weighted by Crippen LogP contribution is -2.44. The SMILES string of the molecule is O=C(C(O)c1cccnc1)N1CCOC(c2ccc(Cl)c(Cl)c2)C1. The third-order valence-corrected chi connectivity index (χ3v) is 4.67. The molecule has 0 aliphatic carbocycles. The van der Waals surface area contributed by atoms with Gasteiger partial charge in [-0.15, -0.1) is 0 Å². The highest BCUT2D eigenvalue weighted by Crippen LogP contribution is 2.29. The predicted octanol–water partition coefficient (Wildman–Crippen LogP) is 3.02. The third-order valence-electron chi connectivity index (χ3n) is 3.93. The Bertz CT molecular complexity index is 727. The fraction of sp³-hybridized carbons (Fsp3) is 0.294. The van der Waals surface area contributed by atoms with Crippen molar-refractivity contribution in [3.8, 4) is 0 Å². The van der Waals surface area contributed by atoms with Crippen molar-refractivity contribution in [2.24, 2.45) is 0 Å². The minimum absolute atomic E-state index is 0.307. The van der Waals surface area contributed by atoms with Crippen molar-refractivity contribution in [3.05, 3.63) is 63.9 Å². The van der Waals surface area contributed by atoms with Gasteiger partial charge < -0.3 is 14.7 Å². The number of carbonyl (C=O) groups excluding carboxylic acids is 1. The smallest absolute Gasteiger partial charge is 0.256 e. The molecule has 1 amide bonds. The maximum atomic E-state index is 12.5. The van der Waals surface area contributed by atoms with Crippen molar-refractivity contribution < 1.29 is 14.6 Å². The number of pyridine rings is 1. The van der Waals surface area contributed by atoms with Crippen LogP contribution in [0.25, 0.3) is 0 Å². The number of morpholine rings is 1. The van der Waals surface area contributed by atoms with Gasteiger partial charge in [-0.2, -0.15) is 0 Å². The first-order valence-corrected chi connectivity index (χ1v) is 8.25. The second-order valence-electron chi connectivity index (χ2n) is 5.51. The molecule has 1 aliphatic rings. The van der Waals surface area contributed by atoms with Crippen LogP contribution in [0.3, 0.4) is 0 Å². The van der Waals surface area contributed by atoms with E-state index in [4.69, 9.17) is 27.9 Å². The highest BCUT2D eigenvalue weighted by Gasteiger charge is 2.30. The summed E-state index contributed by atoms with van der Waals surface area (Å²) in [6, 6.07) is 8.62. The van der Waals surface area contributed by atoms with E-state index >= 15 is 0 Å². The molecule has 1 fully saturated rings. The van der Waals surface area contributed by atoms with Crippen molar-refractivity contribution in [3.63, 3.8) is 0 Å². The Balaban J connectivity index is 1.73. The summed E-state index contributed by atoms with van der Waals surface area (Å²) in [5.41, 5.74) is 1.32. The maximum absolute atomic E-state index is 12.5. The maximum Gasteiger partial charge on any atom is 0.256 e. The van der Waals surface area contributed by atoms with Crippen molar-refractivity contribution >= 4 is 29.1 Å². The van der Waals surface area contributed by atoms with Gasteiger partial charge in [0.15, 0.2) is 6.10 Å². The average Bonchev–Trinajstić information content (AvgIpc) is 2.63. The van der Waals surface area contributed by atoms with Gasteiger partial charge >= 0.3 is 0 Å². The topological polar surface area (TPSA) is 62.7 Å². The Morgan fingerprint density at radius 2 is 2.17 bits per heavy atom. The fourth-order valence-corrected chi connectivity index (χ4v) is 2.92. The molecule has 1 saturated heterocycles. The van der Waals surface area contributed by atoms with Crippen LogP contribution in [0.1, 0.15) is 23.3 Å². The summed E-state index contributed by atoms with van der Waals surface area (Å²) in [4.78, 5) is 18.1. The van der Waals surface area contributed by atoms with E-state index < -0.39 is 6.10 Å². The molecule has 2 unspecified atom stereocenters. The number of aliphatic hydroxyl groups excluding tert-OH is 1. The van der Waals surface area contributed by atoms with Crippen molar-refractivity contribution in [1.82, 2.24) is 9.88 Å². The van der Waals surface area contributed by atoms with Gasteiger partial charge in [-0.1, -0.05) is 35.3 Å². The fourth-order valence-electron chi connectivity index (χ4n) is 2.62. The van der Waals surface area contributed by atoms with Gasteiger partial charge in [0.25, 0.3) is 5.91 Å². The molecule has 5 nitrogen and oxygen atoms in total. The predicted molar refractivity (Wildman–Crippen MR) is 90.9 cm³/mol. The first-order valence-electron chi connectivity index (χ1n) is 7.49. The molecule has 2 heterocycles. The molecule has 1 aliphatic heterocycles. The Labute approximate surface area is 149 Å². The molecule has 2 aromatic rings. The van der Waals surface area contributed by atoms with Crippen molar-refractivity contribution in [1.29, 1.82) is 0 Å². The van der Waals surface area contributed by atoms with Gasteiger partial charge in [0, 0.05) is 24.5 Å². The first-order chi connectivity index (χ1) is 11.6. The molecule has 2 atom stereocenters. The molecule has 0 saturated carbocycles. The van der Waals surface area contributed by atoms with E-state index in [1.807, 2.05) is 6.07 Å². The summed E-state index contributed by atoms with van der Waals surface area (Å²) < 4.78 is 5.74.